The van der Waals surface area contributed by atoms with Gasteiger partial charge in [-0.3, -0.25) is 4.79 Å². The SMILES string of the molecule is COc1ccc(CC(=O)Nc2ccc(Oc3cccc(Cl)c3)c(S(=O)(=O)NCc3ccc(OC)cc3OC)c2)cc1. The van der Waals surface area contributed by atoms with Crippen LogP contribution in [0.5, 0.6) is 28.7 Å². The Kier molecular flexibility index (Phi) is 9.72. The fraction of sp³-hybridized carbons (Fsp3) is 0.167. The summed E-state index contributed by atoms with van der Waals surface area (Å²) in [5.41, 5.74) is 1.65. The van der Waals surface area contributed by atoms with E-state index in [1.165, 1.54) is 26.4 Å². The molecule has 0 aromatic heterocycles. The molecule has 4 rings (SSSR count). The molecule has 214 valence electrons. The van der Waals surface area contributed by atoms with Crippen LogP contribution >= 0.6 is 11.6 Å². The molecule has 0 fully saturated rings. The molecule has 0 heterocycles. The minimum atomic E-state index is -4.14. The van der Waals surface area contributed by atoms with Crippen molar-refractivity contribution in [3.8, 4) is 28.7 Å². The van der Waals surface area contributed by atoms with E-state index in [2.05, 4.69) is 10.0 Å². The Hall–Kier alpha value is -4.25. The Balaban J connectivity index is 1.60. The second-order valence-electron chi connectivity index (χ2n) is 8.80. The largest absolute Gasteiger partial charge is 0.497 e. The summed E-state index contributed by atoms with van der Waals surface area (Å²) < 4.78 is 51.4. The van der Waals surface area contributed by atoms with Crippen molar-refractivity contribution in [1.82, 2.24) is 4.72 Å². The van der Waals surface area contributed by atoms with Crippen molar-refractivity contribution >= 4 is 33.2 Å². The molecule has 2 N–H and O–H groups in total. The van der Waals surface area contributed by atoms with Crippen LogP contribution in [0.2, 0.25) is 5.02 Å². The number of hydrogen-bond acceptors (Lipinski definition) is 7. The van der Waals surface area contributed by atoms with E-state index >= 15 is 0 Å². The molecule has 0 bridgehead atoms. The fourth-order valence-electron chi connectivity index (χ4n) is 3.92. The molecule has 11 heteroatoms. The maximum atomic E-state index is 13.6. The van der Waals surface area contributed by atoms with Crippen molar-refractivity contribution < 1.29 is 32.2 Å². The summed E-state index contributed by atoms with van der Waals surface area (Å²) in [5.74, 6) is 1.79. The summed E-state index contributed by atoms with van der Waals surface area (Å²) in [4.78, 5) is 12.6. The van der Waals surface area contributed by atoms with E-state index in [0.29, 0.717) is 33.6 Å². The number of carbonyl (C=O) groups excluding carboxylic acids is 1. The number of methoxy groups -OCH3 is 3. The highest BCUT2D eigenvalue weighted by Crippen LogP contribution is 2.33. The molecule has 0 aliphatic rings. The molecular weight excluding hydrogens is 568 g/mol. The molecule has 0 spiro atoms. The third-order valence-electron chi connectivity index (χ3n) is 6.01. The van der Waals surface area contributed by atoms with E-state index in [0.717, 1.165) is 5.56 Å². The average molecular weight is 597 g/mol. The van der Waals surface area contributed by atoms with Crippen LogP contribution in [0.15, 0.2) is 89.8 Å². The van der Waals surface area contributed by atoms with Gasteiger partial charge in [-0.2, -0.15) is 0 Å². The molecule has 0 saturated carbocycles. The van der Waals surface area contributed by atoms with Crippen molar-refractivity contribution in [3.05, 3.63) is 101 Å². The number of nitrogens with one attached hydrogen (secondary N) is 2. The molecule has 41 heavy (non-hydrogen) atoms. The van der Waals surface area contributed by atoms with Crippen LogP contribution in [0.4, 0.5) is 5.69 Å². The van der Waals surface area contributed by atoms with Crippen LogP contribution in [0, 0.1) is 0 Å². The van der Waals surface area contributed by atoms with E-state index < -0.39 is 10.0 Å². The van der Waals surface area contributed by atoms with Gasteiger partial charge in [0.15, 0.2) is 0 Å². The van der Waals surface area contributed by atoms with Gasteiger partial charge >= 0.3 is 0 Å². The maximum absolute atomic E-state index is 13.6. The van der Waals surface area contributed by atoms with Crippen LogP contribution in [0.1, 0.15) is 11.1 Å². The molecule has 0 atom stereocenters. The van der Waals surface area contributed by atoms with Gasteiger partial charge in [0.2, 0.25) is 15.9 Å². The van der Waals surface area contributed by atoms with Gasteiger partial charge in [-0.1, -0.05) is 35.9 Å². The smallest absolute Gasteiger partial charge is 0.244 e. The Morgan fingerprint density at radius 1 is 0.780 bits per heavy atom. The van der Waals surface area contributed by atoms with E-state index in [9.17, 15) is 13.2 Å². The Labute approximate surface area is 244 Å². The zero-order chi connectivity index (χ0) is 29.4. The minimum absolute atomic E-state index is 0.0506. The summed E-state index contributed by atoms with van der Waals surface area (Å²) in [6.45, 7) is -0.0693. The number of sulfonamides is 1. The fourth-order valence-corrected chi connectivity index (χ4v) is 5.26. The number of carbonyl (C=O) groups is 1. The molecule has 1 amide bonds. The van der Waals surface area contributed by atoms with Crippen LogP contribution in [0.25, 0.3) is 0 Å². The van der Waals surface area contributed by atoms with Gasteiger partial charge in [0, 0.05) is 28.9 Å². The molecule has 0 radical (unpaired) electrons. The number of benzene rings is 4. The van der Waals surface area contributed by atoms with Crippen LogP contribution < -0.4 is 29.0 Å². The molecule has 0 aliphatic carbocycles. The standard InChI is InChI=1S/C30H29ClN2O7S/c1-37-24-11-7-20(8-12-24)15-30(34)33-23-10-14-27(40-26-6-4-5-22(31)16-26)29(17-23)41(35,36)32-19-21-9-13-25(38-2)18-28(21)39-3/h4-14,16-18,32H,15,19H2,1-3H3,(H,33,34). The summed E-state index contributed by atoms with van der Waals surface area (Å²) in [6, 6.07) is 23.2. The van der Waals surface area contributed by atoms with Gasteiger partial charge < -0.3 is 24.3 Å². The van der Waals surface area contributed by atoms with E-state index in [4.69, 9.17) is 30.5 Å². The van der Waals surface area contributed by atoms with Gasteiger partial charge in [0.1, 0.15) is 33.6 Å². The number of amides is 1. The van der Waals surface area contributed by atoms with Gasteiger partial charge in [-0.25, -0.2) is 13.1 Å². The van der Waals surface area contributed by atoms with Gasteiger partial charge in [0.05, 0.1) is 27.8 Å². The zero-order valence-corrected chi connectivity index (χ0v) is 24.2. The monoisotopic (exact) mass is 596 g/mol. The Morgan fingerprint density at radius 3 is 2.20 bits per heavy atom. The first kappa shape index (κ1) is 29.7. The first-order valence-corrected chi connectivity index (χ1v) is 14.3. The summed E-state index contributed by atoms with van der Waals surface area (Å²) in [5, 5.41) is 3.19. The van der Waals surface area contributed by atoms with Crippen molar-refractivity contribution in [2.45, 2.75) is 17.9 Å². The van der Waals surface area contributed by atoms with Crippen LogP contribution in [-0.4, -0.2) is 35.7 Å². The summed E-state index contributed by atoms with van der Waals surface area (Å²) in [6.07, 6.45) is 0.0857. The van der Waals surface area contributed by atoms with Crippen LogP contribution in [-0.2, 0) is 27.8 Å². The molecule has 4 aromatic rings. The van der Waals surface area contributed by atoms with Crippen molar-refractivity contribution in [2.75, 3.05) is 26.6 Å². The predicted molar refractivity (Wildman–Crippen MR) is 157 cm³/mol. The number of ether oxygens (including phenoxy) is 4. The lowest BCUT2D eigenvalue weighted by molar-refractivity contribution is -0.115. The Morgan fingerprint density at radius 2 is 1.51 bits per heavy atom. The number of hydrogen-bond donors (Lipinski definition) is 2. The highest BCUT2D eigenvalue weighted by Gasteiger charge is 2.22. The number of rotatable bonds is 12. The molecular formula is C30H29ClN2O7S. The zero-order valence-electron chi connectivity index (χ0n) is 22.6. The lowest BCUT2D eigenvalue weighted by Crippen LogP contribution is -2.24. The van der Waals surface area contributed by atoms with Gasteiger partial charge in [-0.15, -0.1) is 0 Å². The molecule has 0 aliphatic heterocycles. The molecule has 0 unspecified atom stereocenters. The highest BCUT2D eigenvalue weighted by atomic mass is 35.5. The summed E-state index contributed by atoms with van der Waals surface area (Å²) in [7, 11) is 0.437. The summed E-state index contributed by atoms with van der Waals surface area (Å²) >= 11 is 6.09. The average Bonchev–Trinajstić information content (AvgIpc) is 2.97. The Bertz CT molecular complexity index is 1630. The normalized spacial score (nSPS) is 11.0. The number of anilines is 1. The van der Waals surface area contributed by atoms with Crippen molar-refractivity contribution in [3.63, 3.8) is 0 Å². The lowest BCUT2D eigenvalue weighted by atomic mass is 10.1. The maximum Gasteiger partial charge on any atom is 0.244 e. The quantitative estimate of drug-likeness (QED) is 0.212. The van der Waals surface area contributed by atoms with Crippen molar-refractivity contribution in [2.24, 2.45) is 0 Å². The third kappa shape index (κ3) is 7.91. The van der Waals surface area contributed by atoms with Gasteiger partial charge in [0.25, 0.3) is 0 Å². The highest BCUT2D eigenvalue weighted by molar-refractivity contribution is 7.89. The third-order valence-corrected chi connectivity index (χ3v) is 7.67. The second kappa shape index (κ2) is 13.4. The van der Waals surface area contributed by atoms with Crippen LogP contribution in [0.3, 0.4) is 0 Å². The minimum Gasteiger partial charge on any atom is -0.497 e. The first-order valence-electron chi connectivity index (χ1n) is 12.4. The molecule has 9 nitrogen and oxygen atoms in total. The topological polar surface area (TPSA) is 112 Å². The first-order chi connectivity index (χ1) is 19.7. The van der Waals surface area contributed by atoms with E-state index in [1.54, 1.807) is 79.9 Å². The second-order valence-corrected chi connectivity index (χ2v) is 11.0. The molecule has 4 aromatic carbocycles. The van der Waals surface area contributed by atoms with E-state index in [-0.39, 0.29) is 35.2 Å². The lowest BCUT2D eigenvalue weighted by Gasteiger charge is -2.16. The van der Waals surface area contributed by atoms with Gasteiger partial charge in [-0.05, 0) is 60.2 Å². The predicted octanol–water partition coefficient (Wildman–Crippen LogP) is 5.82. The molecule has 0 saturated heterocycles. The van der Waals surface area contributed by atoms with Crippen molar-refractivity contribution in [1.29, 1.82) is 0 Å². The number of halogens is 1. The van der Waals surface area contributed by atoms with E-state index in [1.807, 2.05) is 0 Å².